The molecule has 22 heavy (non-hydrogen) atoms. The van der Waals surface area contributed by atoms with E-state index in [0.29, 0.717) is 25.1 Å². The maximum absolute atomic E-state index is 12.0. The Balaban J connectivity index is 1.62. The zero-order valence-electron chi connectivity index (χ0n) is 11.9. The molecule has 9 nitrogen and oxygen atoms in total. The van der Waals surface area contributed by atoms with E-state index in [1.807, 2.05) is 0 Å². The molecular weight excluding hydrogens is 290 g/mol. The van der Waals surface area contributed by atoms with Crippen molar-refractivity contribution in [3.8, 4) is 0 Å². The molecule has 0 aromatic carbocycles. The Labute approximate surface area is 124 Å². The molecule has 0 saturated carbocycles. The smallest absolute Gasteiger partial charge is 0.330 e. The second kappa shape index (κ2) is 4.89. The molecule has 1 N–H and O–H groups in total. The van der Waals surface area contributed by atoms with Crippen molar-refractivity contribution >= 4 is 0 Å². The Morgan fingerprint density at radius 3 is 3.09 bits per heavy atom. The van der Waals surface area contributed by atoms with E-state index in [-0.39, 0.29) is 17.8 Å². The van der Waals surface area contributed by atoms with Crippen LogP contribution in [0.25, 0.3) is 0 Å². The van der Waals surface area contributed by atoms with Gasteiger partial charge in [-0.1, -0.05) is 5.21 Å². The maximum Gasteiger partial charge on any atom is 0.330 e. The molecule has 116 valence electrons. The van der Waals surface area contributed by atoms with Crippen LogP contribution < -0.4 is 11.2 Å². The molecule has 3 atom stereocenters. The first kappa shape index (κ1) is 13.4. The van der Waals surface area contributed by atoms with Crippen molar-refractivity contribution in [2.45, 2.75) is 44.9 Å². The van der Waals surface area contributed by atoms with Crippen LogP contribution in [0.15, 0.2) is 22.0 Å². The minimum Gasteiger partial charge on any atom is -0.369 e. The maximum atomic E-state index is 12.0. The zero-order valence-corrected chi connectivity index (χ0v) is 11.9. The van der Waals surface area contributed by atoms with Crippen LogP contribution in [0.3, 0.4) is 0 Å². The van der Waals surface area contributed by atoms with E-state index in [0.717, 1.165) is 5.69 Å². The zero-order chi connectivity index (χ0) is 15.3. The van der Waals surface area contributed by atoms with Gasteiger partial charge in [0, 0.05) is 18.2 Å². The Morgan fingerprint density at radius 2 is 2.23 bits per heavy atom. The third-order valence-electron chi connectivity index (χ3n) is 4.13. The van der Waals surface area contributed by atoms with Crippen LogP contribution in [0.4, 0.5) is 0 Å². The normalized spacial score (nSPS) is 27.2. The van der Waals surface area contributed by atoms with Crippen molar-refractivity contribution in [1.29, 1.82) is 0 Å². The summed E-state index contributed by atoms with van der Waals surface area (Å²) in [5.41, 5.74) is 0.525. The van der Waals surface area contributed by atoms with Gasteiger partial charge in [-0.05, 0) is 6.92 Å². The third kappa shape index (κ3) is 2.09. The lowest BCUT2D eigenvalue weighted by Gasteiger charge is -2.16. The monoisotopic (exact) mass is 305 g/mol. The SMILES string of the molecule is Cc1cn([C@H]2C[C@H]3OCc4cnnn4C[C@H]3O2)c(=O)[nH]c1=O. The predicted octanol–water partition coefficient (Wildman–Crippen LogP) is -0.677. The third-order valence-corrected chi connectivity index (χ3v) is 4.13. The second-order valence-electron chi connectivity index (χ2n) is 5.60. The van der Waals surface area contributed by atoms with Gasteiger partial charge in [-0.2, -0.15) is 0 Å². The molecule has 1 saturated heterocycles. The highest BCUT2D eigenvalue weighted by Crippen LogP contribution is 2.32. The fourth-order valence-corrected chi connectivity index (χ4v) is 2.92. The van der Waals surface area contributed by atoms with Crippen LogP contribution in [-0.4, -0.2) is 36.8 Å². The fraction of sp³-hybridized carbons (Fsp3) is 0.538. The van der Waals surface area contributed by atoms with Crippen molar-refractivity contribution in [2.75, 3.05) is 0 Å². The molecule has 0 unspecified atom stereocenters. The van der Waals surface area contributed by atoms with Gasteiger partial charge in [0.25, 0.3) is 5.56 Å². The summed E-state index contributed by atoms with van der Waals surface area (Å²) in [5, 5.41) is 7.86. The summed E-state index contributed by atoms with van der Waals surface area (Å²) in [7, 11) is 0. The predicted molar refractivity (Wildman–Crippen MR) is 73.2 cm³/mol. The van der Waals surface area contributed by atoms with Gasteiger partial charge in [-0.25, -0.2) is 9.48 Å². The Morgan fingerprint density at radius 1 is 1.36 bits per heavy atom. The van der Waals surface area contributed by atoms with Crippen molar-refractivity contribution in [2.24, 2.45) is 0 Å². The van der Waals surface area contributed by atoms with E-state index < -0.39 is 11.9 Å². The van der Waals surface area contributed by atoms with E-state index in [1.165, 1.54) is 10.8 Å². The number of rotatable bonds is 1. The molecule has 1 fully saturated rings. The first-order valence-electron chi connectivity index (χ1n) is 7.08. The quantitative estimate of drug-likeness (QED) is 0.749. The lowest BCUT2D eigenvalue weighted by Crippen LogP contribution is -2.33. The number of hydrogen-bond acceptors (Lipinski definition) is 6. The highest BCUT2D eigenvalue weighted by atomic mass is 16.6. The van der Waals surface area contributed by atoms with Gasteiger partial charge in [-0.3, -0.25) is 14.3 Å². The number of nitrogens with zero attached hydrogens (tertiary/aromatic N) is 4. The first-order valence-corrected chi connectivity index (χ1v) is 7.08. The van der Waals surface area contributed by atoms with Gasteiger partial charge in [0.15, 0.2) is 0 Å². The Kier molecular flexibility index (Phi) is 2.98. The summed E-state index contributed by atoms with van der Waals surface area (Å²) in [5.74, 6) is 0. The Bertz CT molecular complexity index is 822. The number of hydrogen-bond donors (Lipinski definition) is 1. The molecule has 0 bridgehead atoms. The molecule has 4 rings (SSSR count). The largest absolute Gasteiger partial charge is 0.369 e. The van der Waals surface area contributed by atoms with Crippen LogP contribution in [-0.2, 0) is 22.6 Å². The summed E-state index contributed by atoms with van der Waals surface area (Å²) in [6.45, 7) is 2.61. The molecule has 2 aliphatic heterocycles. The molecule has 9 heteroatoms. The van der Waals surface area contributed by atoms with Gasteiger partial charge in [0.1, 0.15) is 12.3 Å². The topological polar surface area (TPSA) is 104 Å². The van der Waals surface area contributed by atoms with Crippen molar-refractivity contribution in [3.05, 3.63) is 44.5 Å². The van der Waals surface area contributed by atoms with E-state index in [4.69, 9.17) is 9.47 Å². The molecular formula is C13H15N5O4. The van der Waals surface area contributed by atoms with Gasteiger partial charge in [-0.15, -0.1) is 5.10 Å². The number of ether oxygens (including phenoxy) is 2. The molecule has 2 aromatic rings. The minimum absolute atomic E-state index is 0.120. The van der Waals surface area contributed by atoms with E-state index in [9.17, 15) is 9.59 Å². The fourth-order valence-electron chi connectivity index (χ4n) is 2.92. The summed E-state index contributed by atoms with van der Waals surface area (Å²) >= 11 is 0. The highest BCUT2D eigenvalue weighted by Gasteiger charge is 2.39. The van der Waals surface area contributed by atoms with Crippen LogP contribution in [0, 0.1) is 6.92 Å². The van der Waals surface area contributed by atoms with Gasteiger partial charge >= 0.3 is 5.69 Å². The van der Waals surface area contributed by atoms with E-state index >= 15 is 0 Å². The standard InChI is InChI=1S/C13H15N5O4/c1-7-4-17(13(20)15-12(7)19)11-2-9-10(22-11)5-18-8(6-21-9)3-14-16-18/h3-4,9-11H,2,5-6H2,1H3,(H,15,19,20)/t9-,10-,11-/m1/s1. The molecule has 2 aliphatic rings. The van der Waals surface area contributed by atoms with Crippen molar-refractivity contribution in [1.82, 2.24) is 24.5 Å². The number of H-pyrrole nitrogens is 1. The summed E-state index contributed by atoms with van der Waals surface area (Å²) < 4.78 is 15.0. The van der Waals surface area contributed by atoms with Crippen LogP contribution in [0.2, 0.25) is 0 Å². The molecule has 0 amide bonds. The van der Waals surface area contributed by atoms with Gasteiger partial charge in [0.05, 0.1) is 31.1 Å². The minimum atomic E-state index is -0.474. The number of aryl methyl sites for hydroxylation is 1. The lowest BCUT2D eigenvalue weighted by atomic mass is 10.2. The average Bonchev–Trinajstić information content (AvgIpc) is 3.06. The average molecular weight is 305 g/mol. The van der Waals surface area contributed by atoms with Crippen molar-refractivity contribution < 1.29 is 9.47 Å². The molecule has 4 heterocycles. The molecule has 2 aromatic heterocycles. The second-order valence-corrected chi connectivity index (χ2v) is 5.60. The van der Waals surface area contributed by atoms with Crippen LogP contribution in [0.5, 0.6) is 0 Å². The van der Waals surface area contributed by atoms with Crippen LogP contribution in [0.1, 0.15) is 23.9 Å². The molecule has 0 spiro atoms. The number of aromatic nitrogens is 5. The number of aromatic amines is 1. The lowest BCUT2D eigenvalue weighted by molar-refractivity contribution is -0.0427. The van der Waals surface area contributed by atoms with Crippen LogP contribution >= 0.6 is 0 Å². The van der Waals surface area contributed by atoms with E-state index in [1.54, 1.807) is 17.8 Å². The van der Waals surface area contributed by atoms with Gasteiger partial charge in [0.2, 0.25) is 0 Å². The summed E-state index contributed by atoms with van der Waals surface area (Å²) in [4.78, 5) is 25.7. The van der Waals surface area contributed by atoms with Gasteiger partial charge < -0.3 is 9.47 Å². The Hall–Kier alpha value is -2.26. The number of nitrogens with one attached hydrogen (secondary N) is 1. The van der Waals surface area contributed by atoms with E-state index in [2.05, 4.69) is 15.3 Å². The summed E-state index contributed by atoms with van der Waals surface area (Å²) in [6.07, 6.45) is 2.97. The first-order chi connectivity index (χ1) is 10.6. The number of fused-ring (bicyclic) bond motifs is 2. The summed E-state index contributed by atoms with van der Waals surface area (Å²) in [6, 6.07) is 0. The van der Waals surface area contributed by atoms with Crippen molar-refractivity contribution in [3.63, 3.8) is 0 Å². The molecule has 0 aliphatic carbocycles. The molecule has 0 radical (unpaired) electrons. The highest BCUT2D eigenvalue weighted by molar-refractivity contribution is 5.02.